The topological polar surface area (TPSA) is 107 Å². The fourth-order valence-electron chi connectivity index (χ4n) is 2.40. The number of anilines is 1. The van der Waals surface area contributed by atoms with Crippen molar-refractivity contribution in [2.45, 2.75) is 5.16 Å². The van der Waals surface area contributed by atoms with Crippen LogP contribution < -0.4 is 10.1 Å². The van der Waals surface area contributed by atoms with E-state index >= 15 is 0 Å². The molecule has 1 N–H and O–H groups in total. The van der Waals surface area contributed by atoms with Gasteiger partial charge in [0.05, 0.1) is 29.5 Å². The number of nitro benzene ring substituents is 1. The summed E-state index contributed by atoms with van der Waals surface area (Å²) in [5.41, 5.74) is 1.53. The van der Waals surface area contributed by atoms with Crippen molar-refractivity contribution in [3.8, 4) is 17.0 Å². The lowest BCUT2D eigenvalue weighted by Gasteiger charge is -2.07. The third kappa shape index (κ3) is 5.52. The Kier molecular flexibility index (Phi) is 6.78. The molecule has 0 aliphatic heterocycles. The van der Waals surface area contributed by atoms with Gasteiger partial charge < -0.3 is 10.1 Å². The van der Waals surface area contributed by atoms with Crippen LogP contribution in [0.1, 0.15) is 0 Å². The van der Waals surface area contributed by atoms with E-state index in [0.717, 1.165) is 27.5 Å². The molecule has 0 saturated carbocycles. The molecule has 1 aromatic heterocycles. The van der Waals surface area contributed by atoms with Crippen LogP contribution >= 0.6 is 27.7 Å². The Morgan fingerprint density at radius 3 is 2.69 bits per heavy atom. The molecule has 0 radical (unpaired) electrons. The number of nitrogens with zero attached hydrogens (tertiary/aromatic N) is 3. The molecule has 3 aromatic rings. The van der Waals surface area contributed by atoms with Crippen molar-refractivity contribution in [1.29, 1.82) is 0 Å². The Balaban J connectivity index is 1.66. The summed E-state index contributed by atoms with van der Waals surface area (Å²) in [6, 6.07) is 13.7. The van der Waals surface area contributed by atoms with Gasteiger partial charge in [-0.05, 0) is 30.3 Å². The van der Waals surface area contributed by atoms with Crippen molar-refractivity contribution in [3.05, 3.63) is 69.3 Å². The summed E-state index contributed by atoms with van der Waals surface area (Å²) in [6.07, 6.45) is 1.62. The summed E-state index contributed by atoms with van der Waals surface area (Å²) < 4.78 is 5.95. The van der Waals surface area contributed by atoms with E-state index in [-0.39, 0.29) is 17.1 Å². The molecule has 0 bridgehead atoms. The van der Waals surface area contributed by atoms with Crippen LogP contribution in [-0.2, 0) is 4.79 Å². The molecule has 0 fully saturated rings. The van der Waals surface area contributed by atoms with E-state index < -0.39 is 10.8 Å². The molecule has 0 unspecified atom stereocenters. The van der Waals surface area contributed by atoms with Gasteiger partial charge in [-0.2, -0.15) is 0 Å². The van der Waals surface area contributed by atoms with E-state index in [1.807, 2.05) is 24.3 Å². The Bertz CT molecular complexity index is 1050. The molecule has 3 rings (SSSR count). The number of thioether (sulfide) groups is 1. The van der Waals surface area contributed by atoms with Crippen molar-refractivity contribution in [2.24, 2.45) is 0 Å². The quantitative estimate of drug-likeness (QED) is 0.231. The number of nitro groups is 1. The number of rotatable bonds is 7. The highest BCUT2D eigenvalue weighted by atomic mass is 79.9. The number of hydrogen-bond acceptors (Lipinski definition) is 7. The number of aromatic nitrogens is 2. The number of nitrogens with one attached hydrogen (secondary N) is 1. The molecular formula is C19H15BrN4O4S. The molecule has 1 amide bonds. The monoisotopic (exact) mass is 474 g/mol. The average Bonchev–Trinajstić information content (AvgIpc) is 2.73. The van der Waals surface area contributed by atoms with Crippen LogP contribution in [0.5, 0.6) is 5.75 Å². The van der Waals surface area contributed by atoms with Gasteiger partial charge in [-0.1, -0.05) is 39.8 Å². The average molecular weight is 475 g/mol. The van der Waals surface area contributed by atoms with Crippen LogP contribution in [0.4, 0.5) is 11.4 Å². The first-order valence-corrected chi connectivity index (χ1v) is 10.1. The van der Waals surface area contributed by atoms with Crippen LogP contribution in [0.15, 0.2) is 64.4 Å². The van der Waals surface area contributed by atoms with Gasteiger partial charge in [-0.15, -0.1) is 0 Å². The van der Waals surface area contributed by atoms with Gasteiger partial charge in [0, 0.05) is 16.2 Å². The maximum Gasteiger partial charge on any atom is 0.296 e. The van der Waals surface area contributed by atoms with E-state index in [1.54, 1.807) is 18.3 Å². The second kappa shape index (κ2) is 9.48. The number of benzene rings is 2. The highest BCUT2D eigenvalue weighted by molar-refractivity contribution is 9.10. The van der Waals surface area contributed by atoms with E-state index in [4.69, 9.17) is 4.74 Å². The summed E-state index contributed by atoms with van der Waals surface area (Å²) in [4.78, 5) is 31.5. The standard InChI is InChI=1S/C19H15BrN4O4S/c1-28-14-6-7-16(17(10-14)24(26)27)22-18(25)11-29-19-21-9-8-15(23-19)12-2-4-13(20)5-3-12/h2-10H,11H2,1H3,(H,22,25). The number of carbonyl (C=O) groups excluding carboxylic acids is 1. The van der Waals surface area contributed by atoms with Crippen LogP contribution in [0, 0.1) is 10.1 Å². The van der Waals surface area contributed by atoms with E-state index in [0.29, 0.717) is 10.9 Å². The molecule has 0 aliphatic rings. The van der Waals surface area contributed by atoms with Crippen LogP contribution in [-0.4, -0.2) is 33.7 Å². The van der Waals surface area contributed by atoms with E-state index in [2.05, 4.69) is 31.2 Å². The third-order valence-corrected chi connectivity index (χ3v) is 5.17. The van der Waals surface area contributed by atoms with Gasteiger partial charge in [0.2, 0.25) is 5.91 Å². The lowest BCUT2D eigenvalue weighted by molar-refractivity contribution is -0.384. The zero-order valence-electron chi connectivity index (χ0n) is 15.2. The summed E-state index contributed by atoms with van der Waals surface area (Å²) in [5.74, 6) is -0.0596. The van der Waals surface area contributed by atoms with Gasteiger partial charge >= 0.3 is 0 Å². The largest absolute Gasteiger partial charge is 0.496 e. The van der Waals surface area contributed by atoms with Gasteiger partial charge in [0.25, 0.3) is 5.69 Å². The maximum atomic E-state index is 12.3. The van der Waals surface area contributed by atoms with Gasteiger partial charge in [0.15, 0.2) is 5.16 Å². The minimum Gasteiger partial charge on any atom is -0.496 e. The Labute approximate surface area is 179 Å². The third-order valence-electron chi connectivity index (χ3n) is 3.78. The Morgan fingerprint density at radius 1 is 1.24 bits per heavy atom. The van der Waals surface area contributed by atoms with E-state index in [1.165, 1.54) is 19.2 Å². The zero-order chi connectivity index (χ0) is 20.8. The summed E-state index contributed by atoms with van der Waals surface area (Å²) >= 11 is 4.54. The van der Waals surface area contributed by atoms with Crippen LogP contribution in [0.3, 0.4) is 0 Å². The van der Waals surface area contributed by atoms with Crippen LogP contribution in [0.25, 0.3) is 11.3 Å². The number of methoxy groups -OCH3 is 1. The van der Waals surface area contributed by atoms with Crippen molar-refractivity contribution < 1.29 is 14.5 Å². The molecule has 0 aliphatic carbocycles. The first-order valence-electron chi connectivity index (χ1n) is 8.30. The zero-order valence-corrected chi connectivity index (χ0v) is 17.6. The fourth-order valence-corrected chi connectivity index (χ4v) is 3.30. The lowest BCUT2D eigenvalue weighted by atomic mass is 10.1. The molecule has 2 aromatic carbocycles. The number of amides is 1. The summed E-state index contributed by atoms with van der Waals surface area (Å²) in [5, 5.41) is 14.2. The van der Waals surface area contributed by atoms with Crippen molar-refractivity contribution in [1.82, 2.24) is 9.97 Å². The summed E-state index contributed by atoms with van der Waals surface area (Å²) in [7, 11) is 1.41. The molecule has 148 valence electrons. The minimum atomic E-state index is -0.573. The second-order valence-electron chi connectivity index (χ2n) is 5.71. The molecule has 0 spiro atoms. The highest BCUT2D eigenvalue weighted by Gasteiger charge is 2.17. The van der Waals surface area contributed by atoms with Crippen LogP contribution in [0.2, 0.25) is 0 Å². The molecular weight excluding hydrogens is 460 g/mol. The number of hydrogen-bond donors (Lipinski definition) is 1. The number of carbonyl (C=O) groups is 1. The number of ether oxygens (including phenoxy) is 1. The highest BCUT2D eigenvalue weighted by Crippen LogP contribution is 2.29. The second-order valence-corrected chi connectivity index (χ2v) is 7.57. The van der Waals surface area contributed by atoms with Crippen molar-refractivity contribution in [2.75, 3.05) is 18.2 Å². The molecule has 29 heavy (non-hydrogen) atoms. The van der Waals surface area contributed by atoms with Gasteiger partial charge in [-0.25, -0.2) is 9.97 Å². The summed E-state index contributed by atoms with van der Waals surface area (Å²) in [6.45, 7) is 0. The van der Waals surface area contributed by atoms with Crippen molar-refractivity contribution in [3.63, 3.8) is 0 Å². The Hall–Kier alpha value is -2.98. The number of halogens is 1. The smallest absolute Gasteiger partial charge is 0.296 e. The minimum absolute atomic E-state index is 0.00692. The molecule has 0 atom stereocenters. The predicted octanol–water partition coefficient (Wildman–Crippen LogP) is 4.55. The maximum absolute atomic E-state index is 12.3. The molecule has 0 saturated heterocycles. The molecule has 10 heteroatoms. The van der Waals surface area contributed by atoms with Gasteiger partial charge in [-0.3, -0.25) is 14.9 Å². The van der Waals surface area contributed by atoms with Crippen molar-refractivity contribution >= 4 is 45.0 Å². The predicted molar refractivity (Wildman–Crippen MR) is 114 cm³/mol. The first kappa shape index (κ1) is 20.7. The SMILES string of the molecule is COc1ccc(NC(=O)CSc2nccc(-c3ccc(Br)cc3)n2)c([N+](=O)[O-])c1. The normalized spacial score (nSPS) is 10.4. The van der Waals surface area contributed by atoms with E-state index in [9.17, 15) is 14.9 Å². The molecule has 1 heterocycles. The first-order chi connectivity index (χ1) is 14.0. The Morgan fingerprint density at radius 2 is 2.00 bits per heavy atom. The lowest BCUT2D eigenvalue weighted by Crippen LogP contribution is -2.15. The fraction of sp³-hybridized carbons (Fsp3) is 0.105. The molecule has 8 nitrogen and oxygen atoms in total. The van der Waals surface area contributed by atoms with Gasteiger partial charge in [0.1, 0.15) is 11.4 Å².